The van der Waals surface area contributed by atoms with Gasteiger partial charge in [-0.15, -0.1) is 0 Å². The van der Waals surface area contributed by atoms with Gasteiger partial charge in [0.1, 0.15) is 0 Å². The molecule has 0 atom stereocenters. The molecule has 1 aliphatic carbocycles. The van der Waals surface area contributed by atoms with Crippen LogP contribution in [0.3, 0.4) is 0 Å². The molecule has 218 valence electrons. The minimum absolute atomic E-state index is 0.716. The maximum absolute atomic E-state index is 5.26. The van der Waals surface area contributed by atoms with Crippen LogP contribution in [0.15, 0.2) is 144 Å². The highest BCUT2D eigenvalue weighted by atomic mass is 79.9. The van der Waals surface area contributed by atoms with Crippen LogP contribution in [-0.4, -0.2) is 14.5 Å². The lowest BCUT2D eigenvalue weighted by atomic mass is 9.93. The Morgan fingerprint density at radius 1 is 0.565 bits per heavy atom. The number of rotatable bonds is 4. The van der Waals surface area contributed by atoms with Gasteiger partial charge in [-0.25, -0.2) is 9.97 Å². The van der Waals surface area contributed by atoms with Gasteiger partial charge < -0.3 is 4.57 Å². The standard InChI is InChI=1S/C42H28BrN3/c43-41-33-20-9-7-18-31(33)40(32-19-8-10-21-34(32)41)37-26-36(44-42(45-37)27-13-3-1-4-14-27)28-23-24-39-35(25-28)30-17-11-12-22-38(30)46(39)29-15-5-2-6-16-29/h1-11,13-21,23-26H,12,22H2. The van der Waals surface area contributed by atoms with Gasteiger partial charge in [0.25, 0.3) is 0 Å². The fourth-order valence-electron chi connectivity index (χ4n) is 7.04. The van der Waals surface area contributed by atoms with Gasteiger partial charge in [-0.05, 0) is 80.6 Å². The van der Waals surface area contributed by atoms with Crippen LogP contribution in [0.4, 0.5) is 0 Å². The first kappa shape index (κ1) is 27.0. The minimum atomic E-state index is 0.716. The van der Waals surface area contributed by atoms with Crippen LogP contribution in [0, 0.1) is 0 Å². The Morgan fingerprint density at radius 3 is 1.91 bits per heavy atom. The zero-order chi connectivity index (χ0) is 30.6. The van der Waals surface area contributed by atoms with Crippen LogP contribution in [0.1, 0.15) is 17.7 Å². The zero-order valence-electron chi connectivity index (χ0n) is 25.0. The first-order valence-electron chi connectivity index (χ1n) is 15.7. The molecule has 2 aromatic heterocycles. The molecule has 3 nitrogen and oxygen atoms in total. The molecule has 0 aliphatic heterocycles. The lowest BCUT2D eigenvalue weighted by Gasteiger charge is -2.15. The second kappa shape index (κ2) is 10.9. The number of nitrogens with zero attached hydrogens (tertiary/aromatic N) is 3. The maximum atomic E-state index is 5.26. The van der Waals surface area contributed by atoms with E-state index in [2.05, 4.69) is 148 Å². The highest BCUT2D eigenvalue weighted by Crippen LogP contribution is 2.43. The van der Waals surface area contributed by atoms with Gasteiger partial charge >= 0.3 is 0 Å². The summed E-state index contributed by atoms with van der Waals surface area (Å²) >= 11 is 3.92. The predicted molar refractivity (Wildman–Crippen MR) is 195 cm³/mol. The van der Waals surface area contributed by atoms with Crippen molar-refractivity contribution in [3.8, 4) is 39.6 Å². The molecule has 0 bridgehead atoms. The summed E-state index contributed by atoms with van der Waals surface area (Å²) in [5.74, 6) is 0.716. The molecule has 4 heteroatoms. The van der Waals surface area contributed by atoms with Gasteiger partial charge in [0.2, 0.25) is 0 Å². The predicted octanol–water partition coefficient (Wildman–Crippen LogP) is 11.4. The van der Waals surface area contributed by atoms with Crippen LogP contribution < -0.4 is 0 Å². The van der Waals surface area contributed by atoms with Gasteiger partial charge in [-0.1, -0.05) is 115 Å². The molecule has 0 unspecified atom stereocenters. The molecular weight excluding hydrogens is 626 g/mol. The third-order valence-electron chi connectivity index (χ3n) is 9.13. The first-order chi connectivity index (χ1) is 22.7. The van der Waals surface area contributed by atoms with E-state index in [1.165, 1.54) is 38.6 Å². The largest absolute Gasteiger partial charge is 0.313 e. The molecule has 0 amide bonds. The van der Waals surface area contributed by atoms with E-state index in [0.29, 0.717) is 5.82 Å². The van der Waals surface area contributed by atoms with E-state index in [1.807, 2.05) is 18.2 Å². The smallest absolute Gasteiger partial charge is 0.160 e. The third kappa shape index (κ3) is 4.33. The molecule has 46 heavy (non-hydrogen) atoms. The van der Waals surface area contributed by atoms with Gasteiger partial charge in [-0.2, -0.15) is 0 Å². The zero-order valence-corrected chi connectivity index (χ0v) is 26.6. The van der Waals surface area contributed by atoms with E-state index in [-0.39, 0.29) is 0 Å². The molecule has 0 radical (unpaired) electrons. The summed E-state index contributed by atoms with van der Waals surface area (Å²) in [6.07, 6.45) is 6.66. The molecule has 0 saturated carbocycles. The average molecular weight is 655 g/mol. The number of halogens is 1. The molecule has 2 heterocycles. The average Bonchev–Trinajstić information content (AvgIpc) is 3.46. The number of hydrogen-bond donors (Lipinski definition) is 0. The van der Waals surface area contributed by atoms with Gasteiger partial charge in [0.15, 0.2) is 5.82 Å². The summed E-state index contributed by atoms with van der Waals surface area (Å²) in [4.78, 5) is 10.5. The van der Waals surface area contributed by atoms with E-state index in [4.69, 9.17) is 9.97 Å². The molecule has 0 fully saturated rings. The number of para-hydroxylation sites is 1. The van der Waals surface area contributed by atoms with E-state index in [0.717, 1.165) is 56.2 Å². The van der Waals surface area contributed by atoms with Crippen molar-refractivity contribution in [3.05, 3.63) is 155 Å². The Morgan fingerprint density at radius 2 is 1.20 bits per heavy atom. The van der Waals surface area contributed by atoms with E-state index in [9.17, 15) is 0 Å². The number of benzene rings is 6. The summed E-state index contributed by atoms with van der Waals surface area (Å²) in [6.45, 7) is 0. The molecule has 0 spiro atoms. The Balaban J connectivity index is 1.32. The highest BCUT2D eigenvalue weighted by molar-refractivity contribution is 9.10. The minimum Gasteiger partial charge on any atom is -0.313 e. The van der Waals surface area contributed by atoms with E-state index >= 15 is 0 Å². The first-order valence-corrected chi connectivity index (χ1v) is 16.5. The lowest BCUT2D eigenvalue weighted by Crippen LogP contribution is -2.02. The monoisotopic (exact) mass is 653 g/mol. The van der Waals surface area contributed by atoms with Gasteiger partial charge in [0, 0.05) is 43.5 Å². The van der Waals surface area contributed by atoms with Crippen molar-refractivity contribution < 1.29 is 0 Å². The van der Waals surface area contributed by atoms with Gasteiger partial charge in [-0.3, -0.25) is 0 Å². The number of hydrogen-bond acceptors (Lipinski definition) is 2. The SMILES string of the molecule is Brc1c2ccccc2c(-c2cc(-c3ccc4c(c3)c3c(n4-c4ccccc4)CCC=C3)nc(-c3ccccc3)n2)c2ccccc12. The Hall–Kier alpha value is -5.32. The molecule has 0 saturated heterocycles. The molecule has 8 aromatic rings. The maximum Gasteiger partial charge on any atom is 0.160 e. The van der Waals surface area contributed by atoms with Crippen molar-refractivity contribution in [1.29, 1.82) is 0 Å². The molecular formula is C42H28BrN3. The Bertz CT molecular complexity index is 2420. The number of aromatic nitrogens is 3. The molecule has 1 aliphatic rings. The highest BCUT2D eigenvalue weighted by Gasteiger charge is 2.21. The normalized spacial score (nSPS) is 12.6. The van der Waals surface area contributed by atoms with Crippen LogP contribution >= 0.6 is 15.9 Å². The molecule has 9 rings (SSSR count). The van der Waals surface area contributed by atoms with Crippen molar-refractivity contribution in [1.82, 2.24) is 14.5 Å². The summed E-state index contributed by atoms with van der Waals surface area (Å²) in [6, 6.07) is 47.1. The third-order valence-corrected chi connectivity index (χ3v) is 9.99. The van der Waals surface area contributed by atoms with Crippen molar-refractivity contribution in [2.24, 2.45) is 0 Å². The fourth-order valence-corrected chi connectivity index (χ4v) is 7.74. The Labute approximate surface area is 275 Å². The topological polar surface area (TPSA) is 30.7 Å². The second-order valence-corrected chi connectivity index (χ2v) is 12.6. The van der Waals surface area contributed by atoms with E-state index in [1.54, 1.807) is 0 Å². The van der Waals surface area contributed by atoms with Crippen molar-refractivity contribution in [3.63, 3.8) is 0 Å². The molecule has 0 N–H and O–H groups in total. The van der Waals surface area contributed by atoms with Crippen molar-refractivity contribution in [2.45, 2.75) is 12.8 Å². The van der Waals surface area contributed by atoms with Crippen LogP contribution in [0.2, 0.25) is 0 Å². The molecule has 6 aromatic carbocycles. The fraction of sp³-hybridized carbons (Fsp3) is 0.0476. The summed E-state index contributed by atoms with van der Waals surface area (Å²) in [5.41, 5.74) is 10.1. The van der Waals surface area contributed by atoms with E-state index < -0.39 is 0 Å². The van der Waals surface area contributed by atoms with Gasteiger partial charge in [0.05, 0.1) is 16.9 Å². The summed E-state index contributed by atoms with van der Waals surface area (Å²) < 4.78 is 3.53. The summed E-state index contributed by atoms with van der Waals surface area (Å²) in [7, 11) is 0. The van der Waals surface area contributed by atoms with Crippen LogP contribution in [0.25, 0.3) is 78.1 Å². The quantitative estimate of drug-likeness (QED) is 0.177. The number of allylic oxidation sites excluding steroid dienone is 1. The van der Waals surface area contributed by atoms with Crippen LogP contribution in [-0.2, 0) is 6.42 Å². The second-order valence-electron chi connectivity index (χ2n) is 11.8. The summed E-state index contributed by atoms with van der Waals surface area (Å²) in [5, 5.41) is 5.89. The van der Waals surface area contributed by atoms with Crippen molar-refractivity contribution in [2.75, 3.05) is 0 Å². The number of fused-ring (bicyclic) bond motifs is 5. The van der Waals surface area contributed by atoms with Crippen LogP contribution in [0.5, 0.6) is 0 Å². The van der Waals surface area contributed by atoms with Crippen molar-refractivity contribution >= 4 is 54.5 Å². The lowest BCUT2D eigenvalue weighted by molar-refractivity contribution is 0.888. The Kier molecular flexibility index (Phi) is 6.43.